The average Bonchev–Trinajstić information content (AvgIpc) is 3.18. The number of para-hydroxylation sites is 1. The van der Waals surface area contributed by atoms with E-state index in [0.717, 1.165) is 42.2 Å². The molecule has 0 bridgehead atoms. The summed E-state index contributed by atoms with van der Waals surface area (Å²) in [6.07, 6.45) is 0. The quantitative estimate of drug-likeness (QED) is 0.430. The highest BCUT2D eigenvalue weighted by atomic mass is 35.5. The van der Waals surface area contributed by atoms with E-state index in [4.69, 9.17) is 11.6 Å². The van der Waals surface area contributed by atoms with E-state index in [-0.39, 0.29) is 0 Å². The molecule has 0 radical (unpaired) electrons. The lowest BCUT2D eigenvalue weighted by Crippen LogP contribution is -2.46. The van der Waals surface area contributed by atoms with Gasteiger partial charge in [-0.05, 0) is 35.4 Å². The van der Waals surface area contributed by atoms with Crippen molar-refractivity contribution in [1.82, 2.24) is 9.97 Å². The molecule has 1 fully saturated rings. The van der Waals surface area contributed by atoms with Crippen LogP contribution in [-0.4, -0.2) is 36.1 Å². The zero-order valence-electron chi connectivity index (χ0n) is 15.3. The Hall–Kier alpha value is -2.63. The molecule has 6 heteroatoms. The summed E-state index contributed by atoms with van der Waals surface area (Å²) in [6.45, 7) is 3.74. The number of nitrogens with zero attached hydrogens (tertiary/aromatic N) is 4. The number of benzene rings is 2. The molecule has 4 aromatic rings. The predicted molar refractivity (Wildman–Crippen MR) is 119 cm³/mol. The van der Waals surface area contributed by atoms with Gasteiger partial charge in [0.2, 0.25) is 5.28 Å². The lowest BCUT2D eigenvalue weighted by molar-refractivity contribution is 0.649. The molecule has 3 heterocycles. The Kier molecular flexibility index (Phi) is 4.63. The van der Waals surface area contributed by atoms with Gasteiger partial charge in [-0.1, -0.05) is 48.5 Å². The maximum atomic E-state index is 6.27. The van der Waals surface area contributed by atoms with E-state index in [1.54, 1.807) is 11.3 Å². The number of thiophene rings is 1. The summed E-state index contributed by atoms with van der Waals surface area (Å²) in [5.74, 6) is 0.946. The number of rotatable bonds is 3. The SMILES string of the molecule is Clc1nc(N2CCN(c3ccccc3)CC2)c2cc(-c3ccccc3)sc2n1. The summed E-state index contributed by atoms with van der Waals surface area (Å²) < 4.78 is 0. The van der Waals surface area contributed by atoms with E-state index in [1.165, 1.54) is 16.1 Å². The van der Waals surface area contributed by atoms with Gasteiger partial charge in [0.05, 0.1) is 5.39 Å². The van der Waals surface area contributed by atoms with Gasteiger partial charge < -0.3 is 9.80 Å². The van der Waals surface area contributed by atoms with Gasteiger partial charge in [-0.2, -0.15) is 4.98 Å². The number of anilines is 2. The Morgan fingerprint density at radius 1 is 0.786 bits per heavy atom. The third-order valence-electron chi connectivity index (χ3n) is 5.10. The first-order valence-electron chi connectivity index (χ1n) is 9.35. The molecule has 0 saturated carbocycles. The fraction of sp³-hybridized carbons (Fsp3) is 0.182. The highest BCUT2D eigenvalue weighted by Crippen LogP contribution is 2.37. The Labute approximate surface area is 173 Å². The molecule has 28 heavy (non-hydrogen) atoms. The smallest absolute Gasteiger partial charge is 0.225 e. The van der Waals surface area contributed by atoms with E-state index < -0.39 is 0 Å². The molecule has 0 spiro atoms. The van der Waals surface area contributed by atoms with Gasteiger partial charge in [0.25, 0.3) is 0 Å². The van der Waals surface area contributed by atoms with Crippen LogP contribution in [0, 0.1) is 0 Å². The first-order chi connectivity index (χ1) is 13.8. The van der Waals surface area contributed by atoms with Gasteiger partial charge in [0.15, 0.2) is 0 Å². The fourth-order valence-electron chi connectivity index (χ4n) is 3.68. The third-order valence-corrected chi connectivity index (χ3v) is 6.35. The Balaban J connectivity index is 1.45. The van der Waals surface area contributed by atoms with Crippen molar-refractivity contribution in [2.45, 2.75) is 0 Å². The van der Waals surface area contributed by atoms with Crippen molar-refractivity contribution in [2.24, 2.45) is 0 Å². The molecule has 1 saturated heterocycles. The molecule has 140 valence electrons. The second-order valence-corrected chi connectivity index (χ2v) is 8.19. The third kappa shape index (κ3) is 3.32. The zero-order valence-corrected chi connectivity index (χ0v) is 16.8. The van der Waals surface area contributed by atoms with Gasteiger partial charge >= 0.3 is 0 Å². The van der Waals surface area contributed by atoms with Crippen molar-refractivity contribution in [3.63, 3.8) is 0 Å². The lowest BCUT2D eigenvalue weighted by Gasteiger charge is -2.37. The minimum absolute atomic E-state index is 0.314. The first kappa shape index (κ1) is 17.5. The number of aromatic nitrogens is 2. The number of hydrogen-bond donors (Lipinski definition) is 0. The van der Waals surface area contributed by atoms with E-state index >= 15 is 0 Å². The van der Waals surface area contributed by atoms with Crippen molar-refractivity contribution in [1.29, 1.82) is 0 Å². The van der Waals surface area contributed by atoms with Crippen LogP contribution in [0.4, 0.5) is 11.5 Å². The number of hydrogen-bond acceptors (Lipinski definition) is 5. The van der Waals surface area contributed by atoms with Crippen LogP contribution in [-0.2, 0) is 0 Å². The van der Waals surface area contributed by atoms with Crippen LogP contribution in [0.3, 0.4) is 0 Å². The largest absolute Gasteiger partial charge is 0.368 e. The fourth-order valence-corrected chi connectivity index (χ4v) is 4.93. The van der Waals surface area contributed by atoms with Crippen LogP contribution >= 0.6 is 22.9 Å². The van der Waals surface area contributed by atoms with Crippen LogP contribution in [0.25, 0.3) is 20.7 Å². The standard InChI is InChI=1S/C22H19ClN4S/c23-22-24-20(27-13-11-26(12-14-27)17-9-5-2-6-10-17)18-15-19(28-21(18)25-22)16-7-3-1-4-8-16/h1-10,15H,11-14H2. The topological polar surface area (TPSA) is 32.3 Å². The molecule has 1 aliphatic rings. The van der Waals surface area contributed by atoms with Crippen LogP contribution < -0.4 is 9.80 Å². The summed E-state index contributed by atoms with van der Waals surface area (Å²) >= 11 is 7.94. The van der Waals surface area contributed by atoms with E-state index in [9.17, 15) is 0 Å². The van der Waals surface area contributed by atoms with Crippen molar-refractivity contribution >= 4 is 44.7 Å². The molecule has 2 aromatic heterocycles. The summed E-state index contributed by atoms with van der Waals surface area (Å²) in [6, 6.07) is 23.2. The maximum Gasteiger partial charge on any atom is 0.225 e. The Morgan fingerprint density at radius 3 is 2.14 bits per heavy atom. The van der Waals surface area contributed by atoms with Crippen molar-refractivity contribution in [3.05, 3.63) is 72.0 Å². The Morgan fingerprint density at radius 2 is 1.43 bits per heavy atom. The normalized spacial score (nSPS) is 14.6. The van der Waals surface area contributed by atoms with E-state index in [0.29, 0.717) is 5.28 Å². The predicted octanol–water partition coefficient (Wildman–Crippen LogP) is 5.34. The monoisotopic (exact) mass is 406 g/mol. The molecule has 4 nitrogen and oxygen atoms in total. The minimum atomic E-state index is 0.314. The van der Waals surface area contributed by atoms with Crippen LogP contribution in [0.1, 0.15) is 0 Å². The summed E-state index contributed by atoms with van der Waals surface area (Å²) in [5, 5.41) is 1.40. The average molecular weight is 407 g/mol. The van der Waals surface area contributed by atoms with E-state index in [2.05, 4.69) is 80.4 Å². The zero-order chi connectivity index (χ0) is 18.9. The first-order valence-corrected chi connectivity index (χ1v) is 10.5. The molecule has 1 aliphatic heterocycles. The molecule has 0 N–H and O–H groups in total. The van der Waals surface area contributed by atoms with E-state index in [1.807, 2.05) is 6.07 Å². The van der Waals surface area contributed by atoms with Gasteiger partial charge in [0, 0.05) is 36.7 Å². The molecular formula is C22H19ClN4S. The summed E-state index contributed by atoms with van der Waals surface area (Å²) in [5.41, 5.74) is 2.47. The van der Waals surface area contributed by atoms with Gasteiger partial charge in [-0.15, -0.1) is 11.3 Å². The van der Waals surface area contributed by atoms with Crippen molar-refractivity contribution in [2.75, 3.05) is 36.0 Å². The lowest BCUT2D eigenvalue weighted by atomic mass is 10.2. The maximum absolute atomic E-state index is 6.27. The van der Waals surface area contributed by atoms with Crippen LogP contribution in [0.5, 0.6) is 0 Å². The summed E-state index contributed by atoms with van der Waals surface area (Å²) in [7, 11) is 0. The molecule has 0 atom stereocenters. The number of fused-ring (bicyclic) bond motifs is 1. The van der Waals surface area contributed by atoms with Gasteiger partial charge in [0.1, 0.15) is 10.6 Å². The number of halogens is 1. The van der Waals surface area contributed by atoms with Crippen molar-refractivity contribution < 1.29 is 0 Å². The highest BCUT2D eigenvalue weighted by Gasteiger charge is 2.22. The van der Waals surface area contributed by atoms with Crippen LogP contribution in [0.2, 0.25) is 5.28 Å². The highest BCUT2D eigenvalue weighted by molar-refractivity contribution is 7.22. The minimum Gasteiger partial charge on any atom is -0.368 e. The van der Waals surface area contributed by atoms with Gasteiger partial charge in [-0.25, -0.2) is 4.98 Å². The van der Waals surface area contributed by atoms with Gasteiger partial charge in [-0.3, -0.25) is 0 Å². The second-order valence-electron chi connectivity index (χ2n) is 6.82. The molecule has 5 rings (SSSR count). The Bertz CT molecular complexity index is 1090. The van der Waals surface area contributed by atoms with Crippen LogP contribution in [0.15, 0.2) is 66.7 Å². The van der Waals surface area contributed by atoms with Crippen molar-refractivity contribution in [3.8, 4) is 10.4 Å². The molecule has 2 aromatic carbocycles. The molecule has 0 unspecified atom stereocenters. The summed E-state index contributed by atoms with van der Waals surface area (Å²) in [4.78, 5) is 16.0. The second kappa shape index (κ2) is 7.41. The molecule has 0 aliphatic carbocycles. The molecular weight excluding hydrogens is 388 g/mol. The molecule has 0 amide bonds. The number of piperazine rings is 1.